The molecular formula is C20H20ClF2N3O2S. The van der Waals surface area contributed by atoms with Crippen LogP contribution in [-0.4, -0.2) is 45.5 Å². The van der Waals surface area contributed by atoms with Gasteiger partial charge in [-0.15, -0.1) is 12.4 Å². The van der Waals surface area contributed by atoms with Gasteiger partial charge in [-0.25, -0.2) is 8.78 Å². The Hall–Kier alpha value is -2.29. The van der Waals surface area contributed by atoms with E-state index in [0.717, 1.165) is 12.1 Å². The van der Waals surface area contributed by atoms with Crippen LogP contribution in [0.2, 0.25) is 0 Å². The largest absolute Gasteiger partial charge is 0.508 e. The molecule has 29 heavy (non-hydrogen) atoms. The molecule has 1 aliphatic rings. The minimum atomic E-state index is -0.886. The van der Waals surface area contributed by atoms with E-state index in [1.54, 1.807) is 17.2 Å². The highest BCUT2D eigenvalue weighted by Crippen LogP contribution is 2.35. The van der Waals surface area contributed by atoms with E-state index in [9.17, 15) is 18.7 Å². The average Bonchev–Trinajstić information content (AvgIpc) is 3.07. The standard InChI is InChI=1S/C20H19F2N3O2S.ClH/c1-10-8-25(9-11(2)24-10)20(27)15-4-12(3-13-7-23-28-19(13)15)18-16(21)5-14(26)6-17(18)22;/h3-7,10-11,24,26H,8-9H2,1-2H3;1H/t10-,11-;/m1./s1. The summed E-state index contributed by atoms with van der Waals surface area (Å²) in [5, 5.41) is 13.4. The Morgan fingerprint density at radius 1 is 1.17 bits per heavy atom. The Morgan fingerprint density at radius 3 is 2.41 bits per heavy atom. The maximum atomic E-state index is 14.4. The van der Waals surface area contributed by atoms with Crippen LogP contribution in [-0.2, 0) is 0 Å². The summed E-state index contributed by atoms with van der Waals surface area (Å²) in [5.41, 5.74) is 0.340. The second-order valence-corrected chi connectivity index (χ2v) is 8.03. The number of phenolic OH excluding ortho intramolecular Hbond substituents is 1. The van der Waals surface area contributed by atoms with E-state index in [0.29, 0.717) is 28.7 Å². The van der Waals surface area contributed by atoms with Gasteiger partial charge < -0.3 is 15.3 Å². The van der Waals surface area contributed by atoms with Gasteiger partial charge in [0, 0.05) is 48.9 Å². The predicted molar refractivity (Wildman–Crippen MR) is 112 cm³/mol. The topological polar surface area (TPSA) is 65.5 Å². The molecule has 5 nitrogen and oxygen atoms in total. The lowest BCUT2D eigenvalue weighted by Gasteiger charge is -2.36. The molecule has 2 aromatic carbocycles. The molecule has 9 heteroatoms. The van der Waals surface area contributed by atoms with Gasteiger partial charge in [-0.05, 0) is 43.1 Å². The fourth-order valence-electron chi connectivity index (χ4n) is 3.79. The molecule has 1 aromatic heterocycles. The normalized spacial score (nSPS) is 19.2. The summed E-state index contributed by atoms with van der Waals surface area (Å²) in [6.07, 6.45) is 1.58. The van der Waals surface area contributed by atoms with Crippen LogP contribution in [0.3, 0.4) is 0 Å². The number of piperazine rings is 1. The number of carbonyl (C=O) groups excluding carboxylic acids is 1. The predicted octanol–water partition coefficient (Wildman–Crippen LogP) is 4.19. The number of nitrogens with zero attached hydrogens (tertiary/aromatic N) is 2. The highest BCUT2D eigenvalue weighted by Gasteiger charge is 2.28. The van der Waals surface area contributed by atoms with Crippen molar-refractivity contribution in [1.29, 1.82) is 0 Å². The molecule has 2 atom stereocenters. The number of aromatic hydroxyl groups is 1. The molecule has 0 unspecified atom stereocenters. The molecule has 0 saturated carbocycles. The molecule has 154 valence electrons. The lowest BCUT2D eigenvalue weighted by Crippen LogP contribution is -2.55. The van der Waals surface area contributed by atoms with Gasteiger partial charge in [-0.1, -0.05) is 0 Å². The fourth-order valence-corrected chi connectivity index (χ4v) is 4.52. The van der Waals surface area contributed by atoms with Gasteiger partial charge in [-0.3, -0.25) is 4.79 Å². The second kappa shape index (κ2) is 8.22. The van der Waals surface area contributed by atoms with Crippen LogP contribution in [0.5, 0.6) is 5.75 Å². The van der Waals surface area contributed by atoms with Crippen molar-refractivity contribution in [3.63, 3.8) is 0 Å². The average molecular weight is 440 g/mol. The van der Waals surface area contributed by atoms with Crippen LogP contribution in [0.4, 0.5) is 8.78 Å². The monoisotopic (exact) mass is 439 g/mol. The summed E-state index contributed by atoms with van der Waals surface area (Å²) in [6.45, 7) is 5.12. The highest BCUT2D eigenvalue weighted by molar-refractivity contribution is 7.13. The first-order valence-corrected chi connectivity index (χ1v) is 9.73. The number of fused-ring (bicyclic) bond motifs is 1. The Balaban J connectivity index is 0.00000240. The zero-order valence-corrected chi connectivity index (χ0v) is 17.4. The molecular weight excluding hydrogens is 420 g/mol. The molecule has 1 aliphatic heterocycles. The maximum Gasteiger partial charge on any atom is 0.255 e. The van der Waals surface area contributed by atoms with Crippen molar-refractivity contribution < 1.29 is 18.7 Å². The number of aromatic nitrogens is 1. The van der Waals surface area contributed by atoms with E-state index < -0.39 is 17.4 Å². The SMILES string of the molecule is C[C@@H]1CN(C(=O)c2cc(-c3c(F)cc(O)cc3F)cc3cnsc23)C[C@@H](C)N1.Cl. The van der Waals surface area contributed by atoms with E-state index >= 15 is 0 Å². The fraction of sp³-hybridized carbons (Fsp3) is 0.300. The Labute approximate surface area is 176 Å². The lowest BCUT2D eigenvalue weighted by molar-refractivity contribution is 0.0676. The quantitative estimate of drug-likeness (QED) is 0.628. The molecule has 0 radical (unpaired) electrons. The van der Waals surface area contributed by atoms with Gasteiger partial charge in [-0.2, -0.15) is 4.37 Å². The first-order chi connectivity index (χ1) is 13.3. The summed E-state index contributed by atoms with van der Waals surface area (Å²) in [4.78, 5) is 15.0. The Kier molecular flexibility index (Phi) is 6.07. The first kappa shape index (κ1) is 21.4. The molecule has 1 amide bonds. The van der Waals surface area contributed by atoms with Crippen LogP contribution in [0.1, 0.15) is 24.2 Å². The van der Waals surface area contributed by atoms with E-state index in [1.807, 2.05) is 13.8 Å². The minimum Gasteiger partial charge on any atom is -0.508 e. The third kappa shape index (κ3) is 4.05. The molecule has 0 aliphatic carbocycles. The number of hydrogen-bond donors (Lipinski definition) is 2. The van der Waals surface area contributed by atoms with Crippen molar-refractivity contribution in [3.05, 3.63) is 47.7 Å². The molecule has 0 spiro atoms. The van der Waals surface area contributed by atoms with E-state index in [1.165, 1.54) is 17.6 Å². The lowest BCUT2D eigenvalue weighted by atomic mass is 9.99. The van der Waals surface area contributed by atoms with Crippen LogP contribution < -0.4 is 5.32 Å². The van der Waals surface area contributed by atoms with Gasteiger partial charge in [0.25, 0.3) is 5.91 Å². The second-order valence-electron chi connectivity index (χ2n) is 7.23. The molecule has 3 aromatic rings. The number of halogens is 3. The van der Waals surface area contributed by atoms with Crippen molar-refractivity contribution in [2.75, 3.05) is 13.1 Å². The third-order valence-electron chi connectivity index (χ3n) is 4.84. The van der Waals surface area contributed by atoms with Crippen LogP contribution in [0.15, 0.2) is 30.5 Å². The number of benzene rings is 2. The van der Waals surface area contributed by atoms with Crippen molar-refractivity contribution in [3.8, 4) is 16.9 Å². The zero-order chi connectivity index (χ0) is 20.0. The summed E-state index contributed by atoms with van der Waals surface area (Å²) >= 11 is 1.18. The first-order valence-electron chi connectivity index (χ1n) is 8.95. The van der Waals surface area contributed by atoms with Crippen molar-refractivity contribution in [1.82, 2.24) is 14.6 Å². The van der Waals surface area contributed by atoms with Gasteiger partial charge >= 0.3 is 0 Å². The van der Waals surface area contributed by atoms with Crippen LogP contribution in [0.25, 0.3) is 21.2 Å². The number of rotatable bonds is 2. The molecule has 4 rings (SSSR count). The molecule has 0 bridgehead atoms. The third-order valence-corrected chi connectivity index (χ3v) is 5.69. The zero-order valence-electron chi connectivity index (χ0n) is 15.8. The Bertz CT molecular complexity index is 1040. The van der Waals surface area contributed by atoms with Crippen LogP contribution in [0, 0.1) is 11.6 Å². The Morgan fingerprint density at radius 2 is 1.79 bits per heavy atom. The molecule has 2 N–H and O–H groups in total. The smallest absolute Gasteiger partial charge is 0.255 e. The van der Waals surface area contributed by atoms with Gasteiger partial charge in [0.2, 0.25) is 0 Å². The van der Waals surface area contributed by atoms with E-state index in [-0.39, 0.29) is 41.5 Å². The number of hydrogen-bond acceptors (Lipinski definition) is 5. The summed E-state index contributed by atoms with van der Waals surface area (Å²) < 4.78 is 33.6. The number of nitrogens with one attached hydrogen (secondary N) is 1. The summed E-state index contributed by atoms with van der Waals surface area (Å²) in [7, 11) is 0. The molecule has 1 fully saturated rings. The van der Waals surface area contributed by atoms with Gasteiger partial charge in [0.05, 0.1) is 15.8 Å². The highest BCUT2D eigenvalue weighted by atomic mass is 35.5. The number of carbonyl (C=O) groups is 1. The van der Waals surface area contributed by atoms with Gasteiger partial charge in [0.1, 0.15) is 17.4 Å². The minimum absolute atomic E-state index is 0. The van der Waals surface area contributed by atoms with Crippen LogP contribution >= 0.6 is 23.9 Å². The summed E-state index contributed by atoms with van der Waals surface area (Å²) in [5.74, 6) is -2.45. The summed E-state index contributed by atoms with van der Waals surface area (Å²) in [6, 6.07) is 5.14. The van der Waals surface area contributed by atoms with Crippen molar-refractivity contribution >= 4 is 39.9 Å². The molecule has 2 heterocycles. The van der Waals surface area contributed by atoms with Crippen molar-refractivity contribution in [2.45, 2.75) is 25.9 Å². The number of phenols is 1. The molecule has 1 saturated heterocycles. The van der Waals surface area contributed by atoms with Crippen molar-refractivity contribution in [2.24, 2.45) is 0 Å². The maximum absolute atomic E-state index is 14.4. The van der Waals surface area contributed by atoms with Gasteiger partial charge in [0.15, 0.2) is 0 Å². The van der Waals surface area contributed by atoms with E-state index in [4.69, 9.17) is 0 Å². The number of amides is 1. The van der Waals surface area contributed by atoms with E-state index in [2.05, 4.69) is 9.69 Å².